The number of halogens is 1. The average molecular weight is 118 g/mol. The summed E-state index contributed by atoms with van der Waals surface area (Å²) in [6.07, 6.45) is 1.76. The van der Waals surface area contributed by atoms with Gasteiger partial charge >= 0.3 is 0 Å². The van der Waals surface area contributed by atoms with Gasteiger partial charge in [-0.25, -0.2) is 4.39 Å². The normalized spacial score (nSPS) is 9.25. The Balaban J connectivity index is 2.82. The molecule has 0 aliphatic heterocycles. The molecule has 1 N–H and O–H groups in total. The smallest absolute Gasteiger partial charge is 0.0928 e. The molecule has 0 spiro atoms. The molecule has 0 unspecified atom stereocenters. The highest BCUT2D eigenvalue weighted by Crippen LogP contribution is 2.04. The Morgan fingerprint density at radius 1 is 1.50 bits per heavy atom. The monoisotopic (exact) mass is 118 g/mol. The summed E-state index contributed by atoms with van der Waals surface area (Å²) in [5, 5.41) is 8.23. The third-order valence-corrected chi connectivity index (χ3v) is 0.856. The van der Waals surface area contributed by atoms with Gasteiger partial charge in [-0.15, -0.1) is 0 Å². The Labute approximate surface area is 48.8 Å². The van der Waals surface area contributed by atoms with Crippen molar-refractivity contribution in [1.29, 1.82) is 0 Å². The van der Waals surface area contributed by atoms with Gasteiger partial charge in [0.25, 0.3) is 0 Å². The minimum absolute atomic E-state index is 0.146. The molecule has 0 aromatic rings. The third-order valence-electron chi connectivity index (χ3n) is 0.856. The molecule has 8 heavy (non-hydrogen) atoms. The van der Waals surface area contributed by atoms with Crippen LogP contribution in [0.1, 0.15) is 19.3 Å². The molecule has 0 saturated heterocycles. The lowest BCUT2D eigenvalue weighted by Gasteiger charge is -1.91. The molecule has 0 aliphatic rings. The predicted octanol–water partition coefficient (Wildman–Crippen LogP) is 1.63. The van der Waals surface area contributed by atoms with Crippen LogP contribution in [0, 0.1) is 0 Å². The number of hydrogen-bond donors (Lipinski definition) is 1. The van der Waals surface area contributed by atoms with Crippen molar-refractivity contribution in [2.45, 2.75) is 19.3 Å². The van der Waals surface area contributed by atoms with Crippen molar-refractivity contribution in [2.24, 2.45) is 0 Å². The van der Waals surface area contributed by atoms with Crippen molar-refractivity contribution < 1.29 is 9.50 Å². The van der Waals surface area contributed by atoms with E-state index in [0.717, 1.165) is 0 Å². The molecule has 2 heteroatoms. The van der Waals surface area contributed by atoms with E-state index in [0.29, 0.717) is 19.3 Å². The van der Waals surface area contributed by atoms with Crippen LogP contribution in [0.4, 0.5) is 4.39 Å². The van der Waals surface area contributed by atoms with E-state index in [-0.39, 0.29) is 12.4 Å². The molecule has 0 amide bonds. The van der Waals surface area contributed by atoms with E-state index in [2.05, 4.69) is 6.58 Å². The van der Waals surface area contributed by atoms with Crippen LogP contribution in [0.3, 0.4) is 0 Å². The summed E-state index contributed by atoms with van der Waals surface area (Å²) in [6.45, 7) is 3.22. The van der Waals surface area contributed by atoms with Crippen molar-refractivity contribution in [1.82, 2.24) is 0 Å². The lowest BCUT2D eigenvalue weighted by molar-refractivity contribution is 0.283. The Bertz CT molecular complexity index is 70.9. The molecular formula is C6H11FO. The molecule has 0 heterocycles. The van der Waals surface area contributed by atoms with Gasteiger partial charge in [0.1, 0.15) is 0 Å². The minimum Gasteiger partial charge on any atom is -0.396 e. The van der Waals surface area contributed by atoms with Gasteiger partial charge < -0.3 is 5.11 Å². The van der Waals surface area contributed by atoms with Crippen molar-refractivity contribution >= 4 is 0 Å². The lowest BCUT2D eigenvalue weighted by Crippen LogP contribution is -1.81. The first-order valence-electron chi connectivity index (χ1n) is 2.71. The summed E-state index contributed by atoms with van der Waals surface area (Å²) in [4.78, 5) is 0. The molecule has 0 aromatic carbocycles. The summed E-state index contributed by atoms with van der Waals surface area (Å²) in [5.74, 6) is -0.293. The summed E-state index contributed by atoms with van der Waals surface area (Å²) >= 11 is 0. The molecule has 0 radical (unpaired) electrons. The fraction of sp³-hybridized carbons (Fsp3) is 0.667. The molecule has 0 rings (SSSR count). The van der Waals surface area contributed by atoms with Gasteiger partial charge in [0.2, 0.25) is 0 Å². The van der Waals surface area contributed by atoms with Crippen molar-refractivity contribution in [3.05, 3.63) is 12.4 Å². The maximum atomic E-state index is 11.7. The number of hydrogen-bond acceptors (Lipinski definition) is 1. The zero-order chi connectivity index (χ0) is 6.41. The number of aliphatic hydroxyl groups is 1. The molecule has 0 aliphatic carbocycles. The van der Waals surface area contributed by atoms with Crippen molar-refractivity contribution in [3.63, 3.8) is 0 Å². The number of aliphatic hydroxyl groups excluding tert-OH is 1. The van der Waals surface area contributed by atoms with Gasteiger partial charge in [0.05, 0.1) is 5.83 Å². The minimum atomic E-state index is -0.293. The third kappa shape index (κ3) is 5.63. The first-order chi connectivity index (χ1) is 3.77. The van der Waals surface area contributed by atoms with Gasteiger partial charge in [-0.05, 0) is 19.3 Å². The fourth-order valence-corrected chi connectivity index (χ4v) is 0.429. The zero-order valence-corrected chi connectivity index (χ0v) is 4.86. The maximum Gasteiger partial charge on any atom is 0.0928 e. The fourth-order valence-electron chi connectivity index (χ4n) is 0.429. The van der Waals surface area contributed by atoms with E-state index in [9.17, 15) is 4.39 Å². The van der Waals surface area contributed by atoms with Crippen molar-refractivity contribution in [3.8, 4) is 0 Å². The van der Waals surface area contributed by atoms with E-state index in [1.54, 1.807) is 0 Å². The Kier molecular flexibility index (Phi) is 4.56. The second-order valence-corrected chi connectivity index (χ2v) is 1.70. The Hall–Kier alpha value is -0.370. The summed E-state index contributed by atoms with van der Waals surface area (Å²) in [5.41, 5.74) is 0. The standard InChI is InChI=1S/C6H11FO/c1-6(7)4-2-3-5-8/h8H,1-5H2. The number of allylic oxidation sites excluding steroid dienone is 1. The predicted molar refractivity (Wildman–Crippen MR) is 31.2 cm³/mol. The highest BCUT2D eigenvalue weighted by Gasteiger charge is 1.88. The highest BCUT2D eigenvalue weighted by molar-refractivity contribution is 4.78. The first kappa shape index (κ1) is 7.63. The average Bonchev–Trinajstić information content (AvgIpc) is 1.66. The van der Waals surface area contributed by atoms with Crippen LogP contribution in [0.2, 0.25) is 0 Å². The highest BCUT2D eigenvalue weighted by atomic mass is 19.1. The molecule has 48 valence electrons. The van der Waals surface area contributed by atoms with E-state index in [4.69, 9.17) is 5.11 Å². The lowest BCUT2D eigenvalue weighted by atomic mass is 10.2. The van der Waals surface area contributed by atoms with E-state index < -0.39 is 0 Å². The summed E-state index contributed by atoms with van der Waals surface area (Å²) in [7, 11) is 0. The molecular weight excluding hydrogens is 107 g/mol. The molecule has 0 saturated carbocycles. The van der Waals surface area contributed by atoms with Crippen LogP contribution in [0.5, 0.6) is 0 Å². The first-order valence-corrected chi connectivity index (χ1v) is 2.71. The molecule has 1 nitrogen and oxygen atoms in total. The van der Waals surface area contributed by atoms with Crippen LogP contribution in [0.25, 0.3) is 0 Å². The van der Waals surface area contributed by atoms with E-state index in [1.165, 1.54) is 0 Å². The number of rotatable bonds is 4. The maximum absolute atomic E-state index is 11.7. The Morgan fingerprint density at radius 3 is 2.50 bits per heavy atom. The van der Waals surface area contributed by atoms with Gasteiger partial charge in [-0.2, -0.15) is 0 Å². The van der Waals surface area contributed by atoms with Crippen LogP contribution < -0.4 is 0 Å². The molecule has 0 bridgehead atoms. The molecule has 0 fully saturated rings. The van der Waals surface area contributed by atoms with Crippen LogP contribution in [0.15, 0.2) is 12.4 Å². The molecule has 0 atom stereocenters. The SMILES string of the molecule is C=C(F)CCCCO. The van der Waals surface area contributed by atoms with Crippen LogP contribution in [-0.4, -0.2) is 11.7 Å². The summed E-state index contributed by atoms with van der Waals surface area (Å²) in [6, 6.07) is 0. The van der Waals surface area contributed by atoms with Gasteiger partial charge in [-0.3, -0.25) is 0 Å². The van der Waals surface area contributed by atoms with Gasteiger partial charge in [-0.1, -0.05) is 6.58 Å². The number of unbranched alkanes of at least 4 members (excludes halogenated alkanes) is 1. The largest absolute Gasteiger partial charge is 0.396 e. The van der Waals surface area contributed by atoms with Gasteiger partial charge in [0, 0.05) is 6.61 Å². The second kappa shape index (κ2) is 4.78. The zero-order valence-electron chi connectivity index (χ0n) is 4.86. The van der Waals surface area contributed by atoms with E-state index in [1.807, 2.05) is 0 Å². The van der Waals surface area contributed by atoms with Crippen molar-refractivity contribution in [2.75, 3.05) is 6.61 Å². The van der Waals surface area contributed by atoms with Crippen LogP contribution >= 0.6 is 0 Å². The second-order valence-electron chi connectivity index (χ2n) is 1.70. The Morgan fingerprint density at radius 2 is 2.12 bits per heavy atom. The van der Waals surface area contributed by atoms with Crippen LogP contribution in [-0.2, 0) is 0 Å². The van der Waals surface area contributed by atoms with E-state index >= 15 is 0 Å². The summed E-state index contributed by atoms with van der Waals surface area (Å²) < 4.78 is 11.7. The topological polar surface area (TPSA) is 20.2 Å². The van der Waals surface area contributed by atoms with Gasteiger partial charge in [0.15, 0.2) is 0 Å². The quantitative estimate of drug-likeness (QED) is 0.556. The molecule has 0 aromatic heterocycles.